The summed E-state index contributed by atoms with van der Waals surface area (Å²) >= 11 is 0. The summed E-state index contributed by atoms with van der Waals surface area (Å²) in [5, 5.41) is 9.31. The predicted molar refractivity (Wildman–Crippen MR) is 72.0 cm³/mol. The molecule has 0 unspecified atom stereocenters. The van der Waals surface area contributed by atoms with Gasteiger partial charge in [-0.25, -0.2) is 4.98 Å². The Balaban J connectivity index is 0.000000328. The second kappa shape index (κ2) is 5.83. The number of benzene rings is 2. The molecule has 0 bridgehead atoms. The molecular weight excluding hydrogens is 285 g/mol. The van der Waals surface area contributed by atoms with Crippen molar-refractivity contribution in [1.82, 2.24) is 4.98 Å². The van der Waals surface area contributed by atoms with Crippen LogP contribution in [0, 0.1) is 0 Å². The molecule has 1 aliphatic heterocycles. The third-order valence-electron chi connectivity index (χ3n) is 2.34. The van der Waals surface area contributed by atoms with Crippen LogP contribution in [-0.4, -0.2) is 19.9 Å². The van der Waals surface area contributed by atoms with Crippen LogP contribution in [0.2, 0.25) is 0 Å². The van der Waals surface area contributed by atoms with E-state index >= 15 is 0 Å². The molecule has 0 atom stereocenters. The molecule has 0 amide bonds. The highest BCUT2D eigenvalue weighted by molar-refractivity contribution is 7.30. The van der Waals surface area contributed by atoms with E-state index in [0.29, 0.717) is 22.6 Å². The maximum Gasteiger partial charge on any atom is 0.314 e. The molecule has 0 saturated carbocycles. The number of phenolic OH excluding ortho intramolecular Hbond substituents is 1. The number of nitrogens with zero attached hydrogens (tertiary/aromatic N) is 1. The van der Waals surface area contributed by atoms with E-state index in [1.54, 1.807) is 18.2 Å². The Morgan fingerprint density at radius 2 is 1.80 bits per heavy atom. The van der Waals surface area contributed by atoms with Crippen molar-refractivity contribution in [2.45, 2.75) is 0 Å². The van der Waals surface area contributed by atoms with Crippen molar-refractivity contribution in [2.75, 3.05) is 0 Å². The highest BCUT2D eigenvalue weighted by Crippen LogP contribution is 2.25. The number of hydrogen-bond acceptors (Lipinski definition) is 5. The first-order chi connectivity index (χ1) is 9.45. The van der Waals surface area contributed by atoms with Gasteiger partial charge in [0.25, 0.3) is 0 Å². The molecule has 1 aromatic carbocycles. The van der Waals surface area contributed by atoms with Crippen LogP contribution < -0.4 is 5.43 Å². The zero-order valence-electron chi connectivity index (χ0n) is 9.98. The van der Waals surface area contributed by atoms with Crippen LogP contribution in [0.25, 0.3) is 22.6 Å². The molecule has 1 aromatic rings. The molecule has 3 rings (SSSR count). The van der Waals surface area contributed by atoms with Crippen LogP contribution in [0.4, 0.5) is 0 Å². The van der Waals surface area contributed by atoms with Gasteiger partial charge in [0.15, 0.2) is 16.8 Å². The lowest BCUT2D eigenvalue weighted by molar-refractivity contribution is 0.405. The van der Waals surface area contributed by atoms with Crippen LogP contribution in [0.1, 0.15) is 0 Å². The molecule has 3 N–H and O–H groups in total. The van der Waals surface area contributed by atoms with Crippen LogP contribution in [-0.2, 0) is 4.57 Å². The fourth-order valence-corrected chi connectivity index (χ4v) is 1.59. The molecule has 2 aliphatic rings. The second-order valence-electron chi connectivity index (χ2n) is 3.78. The van der Waals surface area contributed by atoms with E-state index in [1.807, 2.05) is 0 Å². The third kappa shape index (κ3) is 3.42. The molecule has 8 heteroatoms. The zero-order chi connectivity index (χ0) is 14.7. The van der Waals surface area contributed by atoms with Crippen LogP contribution in [0.3, 0.4) is 0 Å². The number of hydrogen-bond donors (Lipinski definition) is 3. The summed E-state index contributed by atoms with van der Waals surface area (Å²) in [6.07, 6.45) is 0. The first-order valence-corrected chi connectivity index (χ1v) is 6.71. The Bertz CT molecular complexity index is 795. The molecule has 0 aromatic heterocycles. The maximum atomic E-state index is 11.1. The summed E-state index contributed by atoms with van der Waals surface area (Å²) in [4.78, 5) is 29.8. The summed E-state index contributed by atoms with van der Waals surface area (Å²) in [7, 11) is -3.13. The number of aromatic hydroxyl groups is 1. The lowest BCUT2D eigenvalue weighted by atomic mass is 10.2. The van der Waals surface area contributed by atoms with Crippen molar-refractivity contribution in [3.05, 3.63) is 46.6 Å². The third-order valence-corrected chi connectivity index (χ3v) is 2.34. The Labute approximate surface area is 113 Å². The lowest BCUT2D eigenvalue weighted by Gasteiger charge is -2.05. The molecule has 1 aliphatic carbocycles. The van der Waals surface area contributed by atoms with Crippen molar-refractivity contribution in [1.29, 1.82) is 0 Å². The van der Waals surface area contributed by atoms with Gasteiger partial charge in [0.2, 0.25) is 0 Å². The molecule has 0 spiro atoms. The highest BCUT2D eigenvalue weighted by atomic mass is 31.1. The normalized spacial score (nSPS) is 10.6. The summed E-state index contributed by atoms with van der Waals surface area (Å²) in [6.45, 7) is 0. The van der Waals surface area contributed by atoms with Gasteiger partial charge in [-0.05, 0) is 24.3 Å². The quantitative estimate of drug-likeness (QED) is 0.423. The van der Waals surface area contributed by atoms with E-state index in [2.05, 4.69) is 4.98 Å². The molecule has 20 heavy (non-hydrogen) atoms. The number of fused-ring (bicyclic) bond motifs is 2. The highest BCUT2D eigenvalue weighted by Gasteiger charge is 2.08. The van der Waals surface area contributed by atoms with Crippen molar-refractivity contribution in [3.8, 4) is 17.2 Å². The molecule has 0 saturated heterocycles. The van der Waals surface area contributed by atoms with Gasteiger partial charge in [-0.1, -0.05) is 0 Å². The Hall–Kier alpha value is -2.21. The largest absolute Gasteiger partial charge is 0.508 e. The van der Waals surface area contributed by atoms with Gasteiger partial charge in [-0.2, -0.15) is 0 Å². The summed E-state index contributed by atoms with van der Waals surface area (Å²) in [5.41, 5.74) is 1.59. The molecule has 0 radical (unpaired) electrons. The SMILES string of the molecule is O=[PH](O)O.O=c1ccc2nc3ccc(O)cc3oc-2c1. The first-order valence-electron chi connectivity index (χ1n) is 5.41. The monoisotopic (exact) mass is 295 g/mol. The molecule has 104 valence electrons. The average Bonchev–Trinajstić information content (AvgIpc) is 2.35. The van der Waals surface area contributed by atoms with E-state index in [9.17, 15) is 9.90 Å². The minimum atomic E-state index is -3.13. The van der Waals surface area contributed by atoms with Crippen molar-refractivity contribution in [2.24, 2.45) is 0 Å². The zero-order valence-corrected chi connectivity index (χ0v) is 11.0. The van der Waals surface area contributed by atoms with E-state index < -0.39 is 8.25 Å². The van der Waals surface area contributed by atoms with Gasteiger partial charge < -0.3 is 19.3 Å². The first kappa shape index (κ1) is 14.2. The van der Waals surface area contributed by atoms with Gasteiger partial charge in [0, 0.05) is 12.1 Å². The minimum Gasteiger partial charge on any atom is -0.508 e. The standard InChI is InChI=1S/C12H7NO3.H3O3P/c14-7-1-3-9-11(5-7)16-12-6-8(15)2-4-10(12)13-9;1-4(2)3/h1-6,14H;4H,(H2,1,2,3). The van der Waals surface area contributed by atoms with Gasteiger partial charge in [0.05, 0.1) is 0 Å². The number of aromatic nitrogens is 1. The van der Waals surface area contributed by atoms with Crippen LogP contribution in [0.5, 0.6) is 5.75 Å². The topological polar surface area (TPSA) is 121 Å². The van der Waals surface area contributed by atoms with Gasteiger partial charge >= 0.3 is 8.25 Å². The molecule has 7 nitrogen and oxygen atoms in total. The van der Waals surface area contributed by atoms with Gasteiger partial charge in [-0.15, -0.1) is 0 Å². The summed E-state index contributed by atoms with van der Waals surface area (Å²) in [6, 6.07) is 9.12. The van der Waals surface area contributed by atoms with E-state index in [1.165, 1.54) is 18.2 Å². The van der Waals surface area contributed by atoms with Crippen molar-refractivity contribution in [3.63, 3.8) is 0 Å². The molecule has 0 fully saturated rings. The van der Waals surface area contributed by atoms with E-state index in [-0.39, 0.29) is 11.2 Å². The Morgan fingerprint density at radius 3 is 2.50 bits per heavy atom. The summed E-state index contributed by atoms with van der Waals surface area (Å²) < 4.78 is 14.2. The smallest absolute Gasteiger partial charge is 0.314 e. The van der Waals surface area contributed by atoms with Gasteiger partial charge in [-0.3, -0.25) is 9.36 Å². The predicted octanol–water partition coefficient (Wildman–Crippen LogP) is 1.36. The molecular formula is C12H10NO6P. The fourth-order valence-electron chi connectivity index (χ4n) is 1.59. The maximum absolute atomic E-state index is 11.1. The van der Waals surface area contributed by atoms with Crippen LogP contribution in [0.15, 0.2) is 45.6 Å². The van der Waals surface area contributed by atoms with Crippen LogP contribution >= 0.6 is 8.25 Å². The van der Waals surface area contributed by atoms with Crippen molar-refractivity contribution >= 4 is 19.4 Å². The fraction of sp³-hybridized carbons (Fsp3) is 0. The average molecular weight is 295 g/mol. The second-order valence-corrected chi connectivity index (χ2v) is 4.34. The Kier molecular flexibility index (Phi) is 4.14. The number of phenols is 1. The summed E-state index contributed by atoms with van der Waals surface area (Å²) in [5.74, 6) is 0.529. The van der Waals surface area contributed by atoms with Gasteiger partial charge in [0.1, 0.15) is 17.0 Å². The lowest BCUT2D eigenvalue weighted by Crippen LogP contribution is -1.99. The number of rotatable bonds is 0. The minimum absolute atomic E-state index is 0.107. The van der Waals surface area contributed by atoms with E-state index in [4.69, 9.17) is 18.8 Å². The van der Waals surface area contributed by atoms with E-state index in [0.717, 1.165) is 0 Å². The Morgan fingerprint density at radius 1 is 1.10 bits per heavy atom. The molecule has 1 heterocycles. The van der Waals surface area contributed by atoms with Crippen molar-refractivity contribution < 1.29 is 23.9 Å².